The summed E-state index contributed by atoms with van der Waals surface area (Å²) in [5.41, 5.74) is -1.16. The van der Waals surface area contributed by atoms with Gasteiger partial charge in [0.2, 0.25) is 0 Å². The molecule has 0 aliphatic rings. The molecule has 0 saturated carbocycles. The molecule has 2 nitrogen and oxygen atoms in total. The maximum absolute atomic E-state index is 12.6. The maximum Gasteiger partial charge on any atom is 0.416 e. The van der Waals surface area contributed by atoms with Gasteiger partial charge in [0, 0.05) is 6.54 Å². The van der Waals surface area contributed by atoms with Gasteiger partial charge in [0.05, 0.1) is 18.2 Å². The smallest absolute Gasteiger partial charge is 0.387 e. The van der Waals surface area contributed by atoms with Crippen LogP contribution in [0.5, 0.6) is 0 Å². The Morgan fingerprint density at radius 3 is 2.24 bits per heavy atom. The van der Waals surface area contributed by atoms with E-state index < -0.39 is 43.3 Å². The molecule has 0 bridgehead atoms. The highest BCUT2D eigenvalue weighted by Crippen LogP contribution is 2.30. The zero-order valence-electron chi connectivity index (χ0n) is 10.5. The summed E-state index contributed by atoms with van der Waals surface area (Å²) in [5.74, 6) is -4.27. The second-order valence-electron chi connectivity index (χ2n) is 4.33. The highest BCUT2D eigenvalue weighted by Gasteiger charge is 2.40. The number of aliphatic hydroxyl groups is 1. The number of aliphatic hydroxyl groups excluding tert-OH is 1. The van der Waals surface area contributed by atoms with Crippen LogP contribution < -0.4 is 5.32 Å². The highest BCUT2D eigenvalue weighted by atomic mass is 19.4. The first-order chi connectivity index (χ1) is 9.54. The van der Waals surface area contributed by atoms with Crippen molar-refractivity contribution >= 4 is 0 Å². The molecule has 21 heavy (non-hydrogen) atoms. The van der Waals surface area contributed by atoms with Gasteiger partial charge < -0.3 is 10.4 Å². The van der Waals surface area contributed by atoms with Crippen LogP contribution in [0, 0.1) is 0 Å². The van der Waals surface area contributed by atoms with Crippen LogP contribution in [0.2, 0.25) is 0 Å². The number of hydrogen-bond donors (Lipinski definition) is 2. The number of hydrogen-bond acceptors (Lipinski definition) is 2. The van der Waals surface area contributed by atoms with E-state index in [0.29, 0.717) is 6.07 Å². The summed E-state index contributed by atoms with van der Waals surface area (Å²) >= 11 is 0. The Balaban J connectivity index is 2.63. The van der Waals surface area contributed by atoms with E-state index in [4.69, 9.17) is 0 Å². The fraction of sp³-hybridized carbons (Fsp3) is 0.500. The lowest BCUT2D eigenvalue weighted by molar-refractivity contribution is -0.137. The lowest BCUT2D eigenvalue weighted by Gasteiger charge is -2.18. The summed E-state index contributed by atoms with van der Waals surface area (Å²) in [7, 11) is 0. The Labute approximate surface area is 115 Å². The van der Waals surface area contributed by atoms with Gasteiger partial charge >= 0.3 is 18.5 Å². The topological polar surface area (TPSA) is 32.3 Å². The Bertz CT molecular complexity index is 461. The zero-order valence-corrected chi connectivity index (χ0v) is 10.5. The minimum absolute atomic E-state index is 0.155. The van der Waals surface area contributed by atoms with E-state index in [2.05, 4.69) is 0 Å². The molecule has 0 saturated heterocycles. The predicted octanol–water partition coefficient (Wildman–Crippen LogP) is 3.23. The van der Waals surface area contributed by atoms with Crippen molar-refractivity contribution in [3.63, 3.8) is 0 Å². The number of nitrogens with one attached hydrogen (secondary N) is 1. The second-order valence-corrected chi connectivity index (χ2v) is 4.33. The Kier molecular flexibility index (Phi) is 5.57. The first-order valence-corrected chi connectivity index (χ1v) is 5.76. The number of benzene rings is 1. The van der Waals surface area contributed by atoms with Crippen molar-refractivity contribution in [1.29, 1.82) is 0 Å². The van der Waals surface area contributed by atoms with Gasteiger partial charge in [0.15, 0.2) is 0 Å². The number of alkyl halides is 7. The van der Waals surface area contributed by atoms with E-state index in [1.807, 2.05) is 5.32 Å². The molecule has 1 unspecified atom stereocenters. The van der Waals surface area contributed by atoms with Crippen LogP contribution in [0.3, 0.4) is 0 Å². The fourth-order valence-electron chi connectivity index (χ4n) is 1.49. The molecule has 1 aromatic rings. The Morgan fingerprint density at radius 1 is 1.10 bits per heavy atom. The quantitative estimate of drug-likeness (QED) is 0.789. The average Bonchev–Trinajstić information content (AvgIpc) is 2.37. The Morgan fingerprint density at radius 2 is 1.71 bits per heavy atom. The summed E-state index contributed by atoms with van der Waals surface area (Å²) in [6.45, 7) is -1.97. The van der Waals surface area contributed by atoms with Crippen molar-refractivity contribution < 1.29 is 35.8 Å². The first kappa shape index (κ1) is 17.7. The largest absolute Gasteiger partial charge is 0.416 e. The van der Waals surface area contributed by atoms with Crippen LogP contribution in [0.15, 0.2) is 24.3 Å². The van der Waals surface area contributed by atoms with Gasteiger partial charge in [-0.3, -0.25) is 0 Å². The van der Waals surface area contributed by atoms with Crippen molar-refractivity contribution in [2.75, 3.05) is 13.1 Å². The molecule has 1 aromatic carbocycles. The molecule has 0 spiro atoms. The number of rotatable bonds is 6. The van der Waals surface area contributed by atoms with Crippen LogP contribution in [0.1, 0.15) is 17.2 Å². The number of halogens is 7. The van der Waals surface area contributed by atoms with Gasteiger partial charge in [-0.1, -0.05) is 12.1 Å². The summed E-state index contributed by atoms with van der Waals surface area (Å²) in [4.78, 5) is 0. The van der Waals surface area contributed by atoms with E-state index in [1.54, 1.807) is 0 Å². The molecular formula is C12H12F7NO. The van der Waals surface area contributed by atoms with E-state index in [-0.39, 0.29) is 5.56 Å². The molecule has 0 aliphatic carbocycles. The minimum atomic E-state index is -4.61. The van der Waals surface area contributed by atoms with E-state index in [0.717, 1.165) is 12.1 Å². The van der Waals surface area contributed by atoms with Crippen molar-refractivity contribution in [2.24, 2.45) is 0 Å². The third kappa shape index (κ3) is 5.16. The third-order valence-electron chi connectivity index (χ3n) is 2.62. The monoisotopic (exact) mass is 319 g/mol. The van der Waals surface area contributed by atoms with E-state index in [9.17, 15) is 35.8 Å². The van der Waals surface area contributed by atoms with Crippen LogP contribution in [-0.4, -0.2) is 30.5 Å². The van der Waals surface area contributed by atoms with Crippen molar-refractivity contribution in [2.45, 2.75) is 24.6 Å². The lowest BCUT2D eigenvalue weighted by atomic mass is 10.1. The minimum Gasteiger partial charge on any atom is -0.387 e. The van der Waals surface area contributed by atoms with Crippen molar-refractivity contribution in [1.82, 2.24) is 5.32 Å². The fourth-order valence-corrected chi connectivity index (χ4v) is 1.49. The van der Waals surface area contributed by atoms with E-state index >= 15 is 0 Å². The summed E-state index contributed by atoms with van der Waals surface area (Å²) < 4.78 is 86.2. The van der Waals surface area contributed by atoms with Gasteiger partial charge in [0.1, 0.15) is 0 Å². The van der Waals surface area contributed by atoms with Crippen LogP contribution in [0.25, 0.3) is 0 Å². The molecular weight excluding hydrogens is 307 g/mol. The molecule has 0 heterocycles. The average molecular weight is 319 g/mol. The van der Waals surface area contributed by atoms with Gasteiger partial charge in [0.25, 0.3) is 0 Å². The molecule has 9 heteroatoms. The third-order valence-corrected chi connectivity index (χ3v) is 2.62. The summed E-state index contributed by atoms with van der Waals surface area (Å²) in [6.07, 6.45) is -10.00. The van der Waals surface area contributed by atoms with Gasteiger partial charge in [-0.25, -0.2) is 8.78 Å². The molecule has 0 aromatic heterocycles. The van der Waals surface area contributed by atoms with Gasteiger partial charge in [-0.15, -0.1) is 0 Å². The first-order valence-electron chi connectivity index (χ1n) is 5.76. The van der Waals surface area contributed by atoms with Crippen LogP contribution >= 0.6 is 0 Å². The van der Waals surface area contributed by atoms with E-state index in [1.165, 1.54) is 6.07 Å². The second kappa shape index (κ2) is 6.61. The zero-order chi connectivity index (χ0) is 16.3. The molecule has 0 aliphatic heterocycles. The summed E-state index contributed by atoms with van der Waals surface area (Å²) in [6, 6.07) is 3.67. The van der Waals surface area contributed by atoms with Crippen molar-refractivity contribution in [3.8, 4) is 0 Å². The van der Waals surface area contributed by atoms with Crippen LogP contribution in [-0.2, 0) is 6.18 Å². The molecule has 1 rings (SSSR count). The van der Waals surface area contributed by atoms with Crippen LogP contribution in [0.4, 0.5) is 30.7 Å². The molecule has 120 valence electrons. The normalized spacial score (nSPS) is 14.5. The van der Waals surface area contributed by atoms with Crippen molar-refractivity contribution in [3.05, 3.63) is 35.4 Å². The predicted molar refractivity (Wildman–Crippen MR) is 60.2 cm³/mol. The van der Waals surface area contributed by atoms with Gasteiger partial charge in [-0.2, -0.15) is 22.0 Å². The lowest BCUT2D eigenvalue weighted by Crippen LogP contribution is -2.40. The van der Waals surface area contributed by atoms with Gasteiger partial charge in [-0.05, 0) is 17.7 Å². The Hall–Kier alpha value is -1.35. The summed E-state index contributed by atoms with van der Waals surface area (Å²) in [5, 5.41) is 11.5. The standard InChI is InChI=1S/C12H12F7NO/c13-10(14)11(15,16)6-20-5-9(21)7-2-1-3-8(4-7)12(17,18)19/h1-4,9-10,20-21H,5-6H2. The molecule has 0 amide bonds. The SMILES string of the molecule is OC(CNCC(F)(F)C(F)F)c1cccc(C(F)(F)F)c1. The molecule has 1 atom stereocenters. The molecule has 0 fully saturated rings. The maximum atomic E-state index is 12.6. The highest BCUT2D eigenvalue weighted by molar-refractivity contribution is 5.27. The molecule has 2 N–H and O–H groups in total. The molecule has 0 radical (unpaired) electrons.